The maximum atomic E-state index is 5.52. The molecular formula is C14H16O2. The lowest BCUT2D eigenvalue weighted by Crippen LogP contribution is -2.16. The lowest BCUT2D eigenvalue weighted by Gasteiger charge is -2.30. The minimum Gasteiger partial charge on any atom is -0.494 e. The molecule has 2 heteroatoms. The van der Waals surface area contributed by atoms with Crippen LogP contribution in [0.4, 0.5) is 0 Å². The first-order valence-electron chi connectivity index (χ1n) is 5.48. The van der Waals surface area contributed by atoms with Crippen molar-refractivity contribution in [3.8, 4) is 0 Å². The third-order valence-electron chi connectivity index (χ3n) is 2.90. The first-order valence-corrected chi connectivity index (χ1v) is 5.48. The zero-order chi connectivity index (χ0) is 11.4. The Balaban J connectivity index is 2.31. The van der Waals surface area contributed by atoms with Crippen LogP contribution in [0, 0.1) is 0 Å². The first-order chi connectivity index (χ1) is 7.86. The van der Waals surface area contributed by atoms with E-state index in [1.54, 1.807) is 0 Å². The molecule has 2 rings (SSSR count). The Bertz CT molecular complexity index is 347. The largest absolute Gasteiger partial charge is 0.494 e. The second-order valence-corrected chi connectivity index (χ2v) is 3.79. The molecule has 0 aromatic heterocycles. The van der Waals surface area contributed by atoms with E-state index in [2.05, 4.69) is 25.3 Å². The predicted octanol–water partition coefficient (Wildman–Crippen LogP) is 3.88. The van der Waals surface area contributed by atoms with Gasteiger partial charge in [0.2, 0.25) is 0 Å². The molecule has 0 N–H and O–H groups in total. The molecule has 0 amide bonds. The van der Waals surface area contributed by atoms with Crippen molar-refractivity contribution in [1.29, 1.82) is 0 Å². The molecule has 0 bridgehead atoms. The van der Waals surface area contributed by atoms with Crippen molar-refractivity contribution in [2.24, 2.45) is 0 Å². The van der Waals surface area contributed by atoms with Gasteiger partial charge >= 0.3 is 0 Å². The van der Waals surface area contributed by atoms with E-state index in [0.717, 1.165) is 12.8 Å². The zero-order valence-electron chi connectivity index (χ0n) is 9.26. The van der Waals surface area contributed by atoms with E-state index in [9.17, 15) is 0 Å². The van der Waals surface area contributed by atoms with Gasteiger partial charge in [-0.15, -0.1) is 0 Å². The van der Waals surface area contributed by atoms with Gasteiger partial charge in [0.05, 0.1) is 12.5 Å². The fourth-order valence-electron chi connectivity index (χ4n) is 2.23. The van der Waals surface area contributed by atoms with Crippen molar-refractivity contribution in [3.63, 3.8) is 0 Å². The van der Waals surface area contributed by atoms with Gasteiger partial charge in [0.1, 0.15) is 12.2 Å². The Morgan fingerprint density at radius 1 is 0.938 bits per heavy atom. The van der Waals surface area contributed by atoms with E-state index >= 15 is 0 Å². The average molecular weight is 216 g/mol. The maximum Gasteiger partial charge on any atom is 0.123 e. The molecule has 0 aliphatic heterocycles. The molecule has 0 heterocycles. The summed E-state index contributed by atoms with van der Waals surface area (Å²) in [6.45, 7) is 7.23. The van der Waals surface area contributed by atoms with E-state index in [1.807, 2.05) is 12.1 Å². The van der Waals surface area contributed by atoms with Gasteiger partial charge in [-0.1, -0.05) is 37.4 Å². The molecule has 2 atom stereocenters. The summed E-state index contributed by atoms with van der Waals surface area (Å²) in [5.41, 5.74) is 2.39. The summed E-state index contributed by atoms with van der Waals surface area (Å²) in [5, 5.41) is 0. The normalized spacial score (nSPS) is 23.0. The highest BCUT2D eigenvalue weighted by Crippen LogP contribution is 2.39. The molecule has 2 nitrogen and oxygen atoms in total. The van der Waals surface area contributed by atoms with Crippen LogP contribution in [0.15, 0.2) is 49.9 Å². The summed E-state index contributed by atoms with van der Waals surface area (Å²) < 4.78 is 11.0. The van der Waals surface area contributed by atoms with Crippen molar-refractivity contribution >= 4 is 0 Å². The Hall–Kier alpha value is -1.70. The van der Waals surface area contributed by atoms with Gasteiger partial charge in [-0.05, 0) is 24.0 Å². The Kier molecular flexibility index (Phi) is 3.30. The van der Waals surface area contributed by atoms with Crippen LogP contribution in [0.1, 0.15) is 36.2 Å². The molecule has 1 aromatic rings. The van der Waals surface area contributed by atoms with Crippen molar-refractivity contribution in [3.05, 3.63) is 61.1 Å². The third kappa shape index (κ3) is 1.96. The summed E-state index contributed by atoms with van der Waals surface area (Å²) in [4.78, 5) is 0. The van der Waals surface area contributed by atoms with Crippen molar-refractivity contribution in [1.82, 2.24) is 0 Å². The van der Waals surface area contributed by atoms with Crippen LogP contribution in [-0.4, -0.2) is 0 Å². The zero-order valence-corrected chi connectivity index (χ0v) is 9.26. The maximum absolute atomic E-state index is 5.52. The van der Waals surface area contributed by atoms with Crippen molar-refractivity contribution in [2.45, 2.75) is 25.0 Å². The SMILES string of the molecule is C=COC1CCC(OC=C)c2ccccc21. The van der Waals surface area contributed by atoms with Gasteiger partial charge < -0.3 is 9.47 Å². The minimum atomic E-state index is 0.110. The summed E-state index contributed by atoms with van der Waals surface area (Å²) in [5.74, 6) is 0. The van der Waals surface area contributed by atoms with Crippen molar-refractivity contribution < 1.29 is 9.47 Å². The fourth-order valence-corrected chi connectivity index (χ4v) is 2.23. The van der Waals surface area contributed by atoms with Gasteiger partial charge in [-0.2, -0.15) is 0 Å². The molecule has 0 spiro atoms. The Labute approximate surface area is 96.2 Å². The average Bonchev–Trinajstić information content (AvgIpc) is 2.33. The summed E-state index contributed by atoms with van der Waals surface area (Å²) in [7, 11) is 0. The number of hydrogen-bond donors (Lipinski definition) is 0. The Morgan fingerprint density at radius 3 is 1.75 bits per heavy atom. The third-order valence-corrected chi connectivity index (χ3v) is 2.90. The monoisotopic (exact) mass is 216 g/mol. The topological polar surface area (TPSA) is 18.5 Å². The highest BCUT2D eigenvalue weighted by Gasteiger charge is 2.27. The van der Waals surface area contributed by atoms with E-state index in [-0.39, 0.29) is 12.2 Å². The summed E-state index contributed by atoms with van der Waals surface area (Å²) >= 11 is 0. The van der Waals surface area contributed by atoms with Crippen LogP contribution >= 0.6 is 0 Å². The van der Waals surface area contributed by atoms with Crippen LogP contribution in [0.5, 0.6) is 0 Å². The smallest absolute Gasteiger partial charge is 0.123 e. The van der Waals surface area contributed by atoms with E-state index in [0.29, 0.717) is 0 Å². The molecule has 84 valence electrons. The number of fused-ring (bicyclic) bond motifs is 1. The van der Waals surface area contributed by atoms with E-state index in [1.165, 1.54) is 23.7 Å². The standard InChI is InChI=1S/C14H16O2/c1-3-15-13-9-10-14(16-4-2)12-8-6-5-7-11(12)13/h3-8,13-14H,1-2,9-10H2. The number of rotatable bonds is 4. The molecule has 1 aliphatic rings. The second kappa shape index (κ2) is 4.88. The Morgan fingerprint density at radius 2 is 1.38 bits per heavy atom. The lowest BCUT2D eigenvalue weighted by atomic mass is 9.87. The molecule has 2 unspecified atom stereocenters. The van der Waals surface area contributed by atoms with Crippen LogP contribution in [0.2, 0.25) is 0 Å². The van der Waals surface area contributed by atoms with Crippen LogP contribution in [0.3, 0.4) is 0 Å². The van der Waals surface area contributed by atoms with Gasteiger partial charge in [0.15, 0.2) is 0 Å². The quantitative estimate of drug-likeness (QED) is 0.711. The fraction of sp³-hybridized carbons (Fsp3) is 0.286. The van der Waals surface area contributed by atoms with Crippen LogP contribution in [-0.2, 0) is 9.47 Å². The molecule has 1 aliphatic carbocycles. The van der Waals surface area contributed by atoms with Gasteiger partial charge in [-0.3, -0.25) is 0 Å². The van der Waals surface area contributed by atoms with E-state index < -0.39 is 0 Å². The number of benzene rings is 1. The predicted molar refractivity (Wildman–Crippen MR) is 63.7 cm³/mol. The molecule has 1 aromatic carbocycles. The van der Waals surface area contributed by atoms with Gasteiger partial charge in [0, 0.05) is 0 Å². The molecule has 0 saturated carbocycles. The number of hydrogen-bond acceptors (Lipinski definition) is 2. The summed E-state index contributed by atoms with van der Waals surface area (Å²) in [6, 6.07) is 8.22. The highest BCUT2D eigenvalue weighted by atomic mass is 16.5. The molecule has 0 radical (unpaired) electrons. The van der Waals surface area contributed by atoms with Gasteiger partial charge in [0.25, 0.3) is 0 Å². The van der Waals surface area contributed by atoms with Crippen LogP contribution < -0.4 is 0 Å². The minimum absolute atomic E-state index is 0.110. The lowest BCUT2D eigenvalue weighted by molar-refractivity contribution is 0.0689. The molecule has 0 saturated heterocycles. The van der Waals surface area contributed by atoms with Crippen LogP contribution in [0.25, 0.3) is 0 Å². The van der Waals surface area contributed by atoms with Gasteiger partial charge in [-0.25, -0.2) is 0 Å². The first kappa shape index (κ1) is 10.8. The number of ether oxygens (including phenoxy) is 2. The molecule has 16 heavy (non-hydrogen) atoms. The second-order valence-electron chi connectivity index (χ2n) is 3.79. The molecule has 0 fully saturated rings. The summed E-state index contributed by atoms with van der Waals surface area (Å²) in [6.07, 6.45) is 5.13. The van der Waals surface area contributed by atoms with Crippen molar-refractivity contribution in [2.75, 3.05) is 0 Å². The molecular weight excluding hydrogens is 200 g/mol. The van der Waals surface area contributed by atoms with E-state index in [4.69, 9.17) is 9.47 Å². The highest BCUT2D eigenvalue weighted by molar-refractivity contribution is 5.33.